The van der Waals surface area contributed by atoms with Gasteiger partial charge in [0.25, 0.3) is 5.91 Å². The second-order valence-electron chi connectivity index (χ2n) is 5.58. The van der Waals surface area contributed by atoms with E-state index < -0.39 is 17.7 Å². The minimum atomic E-state index is -1.23. The third-order valence-corrected chi connectivity index (χ3v) is 3.49. The summed E-state index contributed by atoms with van der Waals surface area (Å²) in [5.41, 5.74) is 1.05. The second kappa shape index (κ2) is 10.1. The number of rotatable bonds is 9. The van der Waals surface area contributed by atoms with Gasteiger partial charge < -0.3 is 14.8 Å². The van der Waals surface area contributed by atoms with Gasteiger partial charge in [-0.05, 0) is 45.0 Å². The predicted octanol–water partition coefficient (Wildman–Crippen LogP) is 4.16. The number of nitrogens with zero attached hydrogens (tertiary/aromatic N) is 2. The van der Waals surface area contributed by atoms with Crippen LogP contribution < -0.4 is 14.8 Å². The summed E-state index contributed by atoms with van der Waals surface area (Å²) >= 11 is 0. The zero-order chi connectivity index (χ0) is 19.6. The Hall–Kier alpha value is -3.22. The number of azo groups is 1. The van der Waals surface area contributed by atoms with Gasteiger partial charge in [-0.25, -0.2) is 0 Å². The number of Topliss-reactive ketones (excluding diaryl/α,β-unsaturated/α-hetero) is 1. The highest BCUT2D eigenvalue weighted by Crippen LogP contribution is 2.32. The molecule has 7 heteroatoms. The number of anilines is 1. The summed E-state index contributed by atoms with van der Waals surface area (Å²) in [7, 11) is 0. The number of ether oxygens (including phenoxy) is 2. The Morgan fingerprint density at radius 3 is 2.30 bits per heavy atom. The maximum absolute atomic E-state index is 12.4. The van der Waals surface area contributed by atoms with Crippen LogP contribution in [0.3, 0.4) is 0 Å². The lowest BCUT2D eigenvalue weighted by atomic mass is 10.2. The quantitative estimate of drug-likeness (QED) is 0.531. The first-order valence-corrected chi connectivity index (χ1v) is 8.72. The first-order chi connectivity index (χ1) is 13.0. The number of carbonyl (C=O) groups excluding carboxylic acids is 2. The van der Waals surface area contributed by atoms with Crippen LogP contribution in [0.25, 0.3) is 0 Å². The fourth-order valence-corrected chi connectivity index (χ4v) is 2.28. The van der Waals surface area contributed by atoms with Crippen molar-refractivity contribution >= 4 is 23.1 Å². The van der Waals surface area contributed by atoms with Crippen molar-refractivity contribution in [1.82, 2.24) is 0 Å². The summed E-state index contributed by atoms with van der Waals surface area (Å²) in [6.07, 6.45) is 0. The van der Waals surface area contributed by atoms with Crippen LogP contribution >= 0.6 is 0 Å². The number of amides is 1. The van der Waals surface area contributed by atoms with Crippen molar-refractivity contribution in [2.24, 2.45) is 10.2 Å². The third kappa shape index (κ3) is 5.91. The number of para-hydroxylation sites is 1. The van der Waals surface area contributed by atoms with Gasteiger partial charge >= 0.3 is 0 Å². The molecule has 27 heavy (non-hydrogen) atoms. The molecular formula is C20H23N3O4. The largest absolute Gasteiger partial charge is 0.490 e. The van der Waals surface area contributed by atoms with Gasteiger partial charge in [-0.3, -0.25) is 9.59 Å². The van der Waals surface area contributed by atoms with Crippen LogP contribution in [0.2, 0.25) is 0 Å². The van der Waals surface area contributed by atoms with E-state index in [9.17, 15) is 9.59 Å². The molecule has 0 fully saturated rings. The Morgan fingerprint density at radius 1 is 1.00 bits per heavy atom. The fraction of sp³-hybridized carbons (Fsp3) is 0.300. The van der Waals surface area contributed by atoms with Gasteiger partial charge in [0.2, 0.25) is 6.04 Å². The first kappa shape index (κ1) is 20.1. The molecule has 1 atom stereocenters. The average molecular weight is 369 g/mol. The van der Waals surface area contributed by atoms with Crippen LogP contribution in [0.4, 0.5) is 11.4 Å². The zero-order valence-corrected chi connectivity index (χ0v) is 15.6. The van der Waals surface area contributed by atoms with E-state index in [0.717, 1.165) is 0 Å². The molecule has 142 valence electrons. The lowest BCUT2D eigenvalue weighted by molar-refractivity contribution is -0.126. The van der Waals surface area contributed by atoms with Crippen LogP contribution in [-0.2, 0) is 9.59 Å². The molecule has 1 unspecified atom stereocenters. The highest BCUT2D eigenvalue weighted by atomic mass is 16.5. The molecule has 2 aromatic carbocycles. The van der Waals surface area contributed by atoms with E-state index in [2.05, 4.69) is 15.5 Å². The molecule has 0 saturated heterocycles. The summed E-state index contributed by atoms with van der Waals surface area (Å²) in [5, 5.41) is 10.6. The second-order valence-corrected chi connectivity index (χ2v) is 5.58. The predicted molar refractivity (Wildman–Crippen MR) is 103 cm³/mol. The van der Waals surface area contributed by atoms with E-state index in [1.807, 2.05) is 19.9 Å². The Kier molecular flexibility index (Phi) is 7.49. The van der Waals surface area contributed by atoms with Crippen LogP contribution in [-0.4, -0.2) is 30.9 Å². The fourth-order valence-electron chi connectivity index (χ4n) is 2.28. The van der Waals surface area contributed by atoms with Crippen LogP contribution in [0, 0.1) is 0 Å². The van der Waals surface area contributed by atoms with Gasteiger partial charge in [0, 0.05) is 11.8 Å². The zero-order valence-electron chi connectivity index (χ0n) is 15.6. The van der Waals surface area contributed by atoms with Crippen molar-refractivity contribution in [2.45, 2.75) is 26.8 Å². The van der Waals surface area contributed by atoms with Crippen molar-refractivity contribution in [1.29, 1.82) is 0 Å². The van der Waals surface area contributed by atoms with Gasteiger partial charge in [-0.1, -0.05) is 18.2 Å². The van der Waals surface area contributed by atoms with E-state index in [1.54, 1.807) is 42.5 Å². The summed E-state index contributed by atoms with van der Waals surface area (Å²) in [6, 6.07) is 12.7. The molecule has 0 aromatic heterocycles. The highest BCUT2D eigenvalue weighted by molar-refractivity contribution is 6.10. The molecule has 0 aliphatic heterocycles. The number of ketones is 1. The first-order valence-electron chi connectivity index (χ1n) is 8.72. The Bertz CT molecular complexity index is 806. The minimum Gasteiger partial charge on any atom is -0.490 e. The molecule has 0 aliphatic rings. The summed E-state index contributed by atoms with van der Waals surface area (Å²) in [5.74, 6) is 0.198. The summed E-state index contributed by atoms with van der Waals surface area (Å²) in [6.45, 7) is 6.02. The molecule has 1 N–H and O–H groups in total. The van der Waals surface area contributed by atoms with Gasteiger partial charge in [-0.2, -0.15) is 10.2 Å². The lowest BCUT2D eigenvalue weighted by Crippen LogP contribution is -2.31. The number of hydrogen-bond acceptors (Lipinski definition) is 6. The van der Waals surface area contributed by atoms with Crippen molar-refractivity contribution in [2.75, 3.05) is 18.5 Å². The Balaban J connectivity index is 2.17. The van der Waals surface area contributed by atoms with Crippen LogP contribution in [0.1, 0.15) is 20.8 Å². The normalized spacial score (nSPS) is 11.8. The third-order valence-electron chi connectivity index (χ3n) is 3.49. The Morgan fingerprint density at radius 2 is 1.67 bits per heavy atom. The number of benzene rings is 2. The number of carbonyl (C=O) groups is 2. The maximum Gasteiger partial charge on any atom is 0.258 e. The molecule has 2 aromatic rings. The van der Waals surface area contributed by atoms with Gasteiger partial charge in [-0.15, -0.1) is 0 Å². The molecule has 2 rings (SSSR count). The van der Waals surface area contributed by atoms with E-state index in [0.29, 0.717) is 36.1 Å². The van der Waals surface area contributed by atoms with Gasteiger partial charge in [0.1, 0.15) is 0 Å². The topological polar surface area (TPSA) is 89.4 Å². The SMILES string of the molecule is CCOc1ccc(N=NC(C(C)=O)C(=O)Nc2ccccc2)cc1OCC. The van der Waals surface area contributed by atoms with E-state index in [-0.39, 0.29) is 0 Å². The van der Waals surface area contributed by atoms with Crippen molar-refractivity contribution < 1.29 is 19.1 Å². The molecule has 0 bridgehead atoms. The number of hydrogen-bond donors (Lipinski definition) is 1. The standard InChI is InChI=1S/C20H23N3O4/c1-4-26-17-12-11-16(13-18(17)27-5-2)22-23-19(14(3)24)20(25)21-15-9-7-6-8-10-15/h6-13,19H,4-5H2,1-3H3,(H,21,25). The molecule has 0 aliphatic carbocycles. The molecule has 0 heterocycles. The summed E-state index contributed by atoms with van der Waals surface area (Å²) in [4.78, 5) is 24.2. The van der Waals surface area contributed by atoms with E-state index >= 15 is 0 Å². The molecular weight excluding hydrogens is 346 g/mol. The monoisotopic (exact) mass is 369 g/mol. The summed E-state index contributed by atoms with van der Waals surface area (Å²) < 4.78 is 11.0. The molecule has 7 nitrogen and oxygen atoms in total. The Labute approximate surface area is 158 Å². The van der Waals surface area contributed by atoms with Crippen molar-refractivity contribution in [3.8, 4) is 11.5 Å². The number of nitrogens with one attached hydrogen (secondary N) is 1. The van der Waals surface area contributed by atoms with E-state index in [1.165, 1.54) is 6.92 Å². The lowest BCUT2D eigenvalue weighted by Gasteiger charge is -2.11. The van der Waals surface area contributed by atoms with Crippen molar-refractivity contribution in [3.05, 3.63) is 48.5 Å². The molecule has 0 radical (unpaired) electrons. The minimum absolute atomic E-state index is 0.400. The molecule has 0 saturated carbocycles. The van der Waals surface area contributed by atoms with E-state index in [4.69, 9.17) is 9.47 Å². The smallest absolute Gasteiger partial charge is 0.258 e. The van der Waals surface area contributed by atoms with Crippen LogP contribution in [0.15, 0.2) is 58.8 Å². The van der Waals surface area contributed by atoms with Gasteiger partial charge in [0.15, 0.2) is 17.3 Å². The van der Waals surface area contributed by atoms with Gasteiger partial charge in [0.05, 0.1) is 18.9 Å². The molecule has 1 amide bonds. The van der Waals surface area contributed by atoms with Crippen molar-refractivity contribution in [3.63, 3.8) is 0 Å². The average Bonchev–Trinajstić information content (AvgIpc) is 2.65. The molecule has 0 spiro atoms. The highest BCUT2D eigenvalue weighted by Gasteiger charge is 2.23. The van der Waals surface area contributed by atoms with Crippen LogP contribution in [0.5, 0.6) is 11.5 Å². The maximum atomic E-state index is 12.4.